The molecule has 0 heterocycles. The van der Waals surface area contributed by atoms with Gasteiger partial charge in [-0.3, -0.25) is 0 Å². The summed E-state index contributed by atoms with van der Waals surface area (Å²) in [6, 6.07) is 0. The van der Waals surface area contributed by atoms with E-state index in [1.807, 2.05) is 0 Å². The van der Waals surface area contributed by atoms with Gasteiger partial charge in [0.05, 0.1) is 5.60 Å². The summed E-state index contributed by atoms with van der Waals surface area (Å²) in [7, 11) is 0. The third kappa shape index (κ3) is 3.16. The van der Waals surface area contributed by atoms with Crippen molar-refractivity contribution in [3.05, 3.63) is 0 Å². The van der Waals surface area contributed by atoms with Crippen LogP contribution in [0, 0.1) is 11.3 Å². The van der Waals surface area contributed by atoms with Crippen molar-refractivity contribution in [1.82, 2.24) is 0 Å². The Morgan fingerprint density at radius 2 is 1.47 bits per heavy atom. The summed E-state index contributed by atoms with van der Waals surface area (Å²) >= 11 is 0. The molecule has 0 saturated heterocycles. The molecule has 0 bridgehead atoms. The topological polar surface area (TPSA) is 46.2 Å². The van der Waals surface area contributed by atoms with Gasteiger partial charge in [-0.05, 0) is 44.4 Å². The van der Waals surface area contributed by atoms with E-state index in [2.05, 4.69) is 6.92 Å². The number of hydrogen-bond donors (Lipinski definition) is 2. The van der Waals surface area contributed by atoms with Gasteiger partial charge in [0.2, 0.25) is 0 Å². The summed E-state index contributed by atoms with van der Waals surface area (Å²) in [4.78, 5) is 0. The first-order valence-electron chi connectivity index (χ1n) is 8.58. The molecule has 2 rings (SSSR count). The highest BCUT2D eigenvalue weighted by Crippen LogP contribution is 2.50. The Morgan fingerprint density at radius 3 is 1.95 bits per heavy atom. The first-order valence-corrected chi connectivity index (χ1v) is 8.58. The minimum Gasteiger partial charge on any atom is -0.389 e. The van der Waals surface area contributed by atoms with Gasteiger partial charge in [-0.25, -0.2) is 0 Å². The molecule has 0 aromatic rings. The van der Waals surface area contributed by atoms with Crippen LogP contribution in [0.3, 0.4) is 0 Å². The number of nitrogens with two attached hydrogens (primary N) is 1. The summed E-state index contributed by atoms with van der Waals surface area (Å²) in [5.41, 5.74) is 5.73. The molecule has 0 atom stereocenters. The van der Waals surface area contributed by atoms with Crippen LogP contribution in [0.25, 0.3) is 0 Å². The van der Waals surface area contributed by atoms with Crippen molar-refractivity contribution < 1.29 is 5.11 Å². The van der Waals surface area contributed by atoms with Gasteiger partial charge in [0.25, 0.3) is 0 Å². The van der Waals surface area contributed by atoms with E-state index < -0.39 is 5.60 Å². The SMILES string of the molecule is CCC1CCC(O)(C2(CN)CCCCCCC2)CC1. The van der Waals surface area contributed by atoms with E-state index in [9.17, 15) is 5.11 Å². The van der Waals surface area contributed by atoms with Crippen molar-refractivity contribution in [2.75, 3.05) is 6.54 Å². The fourth-order valence-corrected chi connectivity index (χ4v) is 4.54. The Balaban J connectivity index is 2.09. The van der Waals surface area contributed by atoms with Gasteiger partial charge in [0, 0.05) is 12.0 Å². The molecule has 0 spiro atoms. The van der Waals surface area contributed by atoms with E-state index in [0.717, 1.165) is 31.6 Å². The Kier molecular flexibility index (Phi) is 5.30. The zero-order chi connectivity index (χ0) is 13.8. The lowest BCUT2D eigenvalue weighted by atomic mass is 9.58. The Bertz CT molecular complexity index is 260. The predicted octanol–water partition coefficient (Wildman–Crippen LogP) is 4.01. The van der Waals surface area contributed by atoms with Crippen LogP contribution < -0.4 is 5.73 Å². The molecular weight excluding hydrogens is 234 g/mol. The third-order valence-corrected chi connectivity index (χ3v) is 6.20. The zero-order valence-electron chi connectivity index (χ0n) is 12.8. The first-order chi connectivity index (χ1) is 9.16. The van der Waals surface area contributed by atoms with E-state index >= 15 is 0 Å². The summed E-state index contributed by atoms with van der Waals surface area (Å²) in [6.07, 6.45) is 14.5. The quantitative estimate of drug-likeness (QED) is 0.811. The van der Waals surface area contributed by atoms with Gasteiger partial charge in [-0.1, -0.05) is 45.4 Å². The van der Waals surface area contributed by atoms with Gasteiger partial charge < -0.3 is 10.8 Å². The van der Waals surface area contributed by atoms with Gasteiger partial charge in [-0.15, -0.1) is 0 Å². The monoisotopic (exact) mass is 267 g/mol. The van der Waals surface area contributed by atoms with E-state index in [4.69, 9.17) is 5.73 Å². The first kappa shape index (κ1) is 15.3. The summed E-state index contributed by atoms with van der Waals surface area (Å²) in [6.45, 7) is 2.96. The molecule has 2 saturated carbocycles. The number of aliphatic hydroxyl groups is 1. The molecule has 0 aromatic carbocycles. The standard InChI is InChI=1S/C17H33NO/c1-2-15-8-12-17(19,13-9-15)16(14-18)10-6-4-3-5-7-11-16/h15,19H,2-14,18H2,1H3. The lowest BCUT2D eigenvalue weighted by molar-refractivity contribution is -0.124. The van der Waals surface area contributed by atoms with Gasteiger partial charge in [0.1, 0.15) is 0 Å². The van der Waals surface area contributed by atoms with Crippen LogP contribution in [-0.2, 0) is 0 Å². The molecule has 2 fully saturated rings. The molecule has 0 aliphatic heterocycles. The average molecular weight is 267 g/mol. The normalized spacial score (nSPS) is 36.5. The Labute approximate surface area is 119 Å². The molecule has 2 aliphatic carbocycles. The van der Waals surface area contributed by atoms with Crippen molar-refractivity contribution in [2.45, 2.75) is 89.6 Å². The lowest BCUT2D eigenvalue weighted by Gasteiger charge is -2.51. The smallest absolute Gasteiger partial charge is 0.0716 e. The highest BCUT2D eigenvalue weighted by atomic mass is 16.3. The van der Waals surface area contributed by atoms with Crippen LogP contribution in [0.5, 0.6) is 0 Å². The second kappa shape index (κ2) is 6.58. The minimum absolute atomic E-state index is 0.0200. The Hall–Kier alpha value is -0.0800. The van der Waals surface area contributed by atoms with Gasteiger partial charge in [-0.2, -0.15) is 0 Å². The molecule has 112 valence electrons. The van der Waals surface area contributed by atoms with E-state index in [0.29, 0.717) is 6.54 Å². The molecule has 2 heteroatoms. The van der Waals surface area contributed by atoms with E-state index in [1.54, 1.807) is 0 Å². The molecule has 0 radical (unpaired) electrons. The molecule has 0 unspecified atom stereocenters. The zero-order valence-corrected chi connectivity index (χ0v) is 12.8. The van der Waals surface area contributed by atoms with Crippen LogP contribution in [0.1, 0.15) is 84.0 Å². The maximum Gasteiger partial charge on any atom is 0.0716 e. The molecule has 2 nitrogen and oxygen atoms in total. The average Bonchev–Trinajstić information content (AvgIpc) is 2.40. The van der Waals surface area contributed by atoms with E-state index in [-0.39, 0.29) is 5.41 Å². The fraction of sp³-hybridized carbons (Fsp3) is 1.00. The predicted molar refractivity (Wildman–Crippen MR) is 81.0 cm³/mol. The molecule has 0 aromatic heterocycles. The summed E-state index contributed by atoms with van der Waals surface area (Å²) in [5, 5.41) is 11.3. The van der Waals surface area contributed by atoms with Crippen LogP contribution in [0.2, 0.25) is 0 Å². The molecule has 19 heavy (non-hydrogen) atoms. The maximum atomic E-state index is 11.3. The van der Waals surface area contributed by atoms with Crippen molar-refractivity contribution in [2.24, 2.45) is 17.1 Å². The van der Waals surface area contributed by atoms with Crippen LogP contribution in [0.4, 0.5) is 0 Å². The Morgan fingerprint density at radius 1 is 0.947 bits per heavy atom. The largest absolute Gasteiger partial charge is 0.389 e. The maximum absolute atomic E-state index is 11.3. The summed E-state index contributed by atoms with van der Waals surface area (Å²) < 4.78 is 0. The fourth-order valence-electron chi connectivity index (χ4n) is 4.54. The second-order valence-electron chi connectivity index (χ2n) is 7.14. The minimum atomic E-state index is -0.467. The van der Waals surface area contributed by atoms with Crippen molar-refractivity contribution >= 4 is 0 Å². The second-order valence-corrected chi connectivity index (χ2v) is 7.14. The van der Waals surface area contributed by atoms with Crippen LogP contribution in [0.15, 0.2) is 0 Å². The van der Waals surface area contributed by atoms with Crippen molar-refractivity contribution in [3.63, 3.8) is 0 Å². The van der Waals surface area contributed by atoms with E-state index in [1.165, 1.54) is 51.4 Å². The highest BCUT2D eigenvalue weighted by molar-refractivity contribution is 5.02. The van der Waals surface area contributed by atoms with Crippen LogP contribution in [-0.4, -0.2) is 17.3 Å². The number of hydrogen-bond acceptors (Lipinski definition) is 2. The number of rotatable bonds is 3. The molecule has 0 amide bonds. The third-order valence-electron chi connectivity index (χ3n) is 6.20. The van der Waals surface area contributed by atoms with Gasteiger partial charge in [0.15, 0.2) is 0 Å². The van der Waals surface area contributed by atoms with Crippen LogP contribution >= 0.6 is 0 Å². The summed E-state index contributed by atoms with van der Waals surface area (Å²) in [5.74, 6) is 0.837. The van der Waals surface area contributed by atoms with Gasteiger partial charge >= 0.3 is 0 Å². The van der Waals surface area contributed by atoms with Crippen molar-refractivity contribution in [1.29, 1.82) is 0 Å². The van der Waals surface area contributed by atoms with Crippen molar-refractivity contribution in [3.8, 4) is 0 Å². The molecule has 3 N–H and O–H groups in total. The molecular formula is C17H33NO. The molecule has 2 aliphatic rings. The highest BCUT2D eigenvalue weighted by Gasteiger charge is 2.49. The lowest BCUT2D eigenvalue weighted by Crippen LogP contribution is -2.54.